The van der Waals surface area contributed by atoms with Crippen LogP contribution in [0.1, 0.15) is 11.1 Å². The standard InChI is InChI=1S/C11H12F3NO/c1-16-10(6-15-7-10)8-4-2-3-5-9(8)11(12,13)14/h2-5,15H,6-7H2,1H3. The Morgan fingerprint density at radius 3 is 2.31 bits per heavy atom. The summed E-state index contributed by atoms with van der Waals surface area (Å²) in [5.74, 6) is 0. The van der Waals surface area contributed by atoms with Crippen molar-refractivity contribution in [2.24, 2.45) is 0 Å². The van der Waals surface area contributed by atoms with E-state index in [1.54, 1.807) is 6.07 Å². The van der Waals surface area contributed by atoms with Gasteiger partial charge in [0.25, 0.3) is 0 Å². The van der Waals surface area contributed by atoms with Crippen LogP contribution in [-0.2, 0) is 16.5 Å². The molecule has 1 aromatic carbocycles. The Balaban J connectivity index is 2.48. The van der Waals surface area contributed by atoms with Crippen LogP contribution in [0, 0.1) is 0 Å². The minimum atomic E-state index is -4.34. The first kappa shape index (κ1) is 11.4. The van der Waals surface area contributed by atoms with E-state index in [2.05, 4.69) is 5.32 Å². The number of rotatable bonds is 2. The lowest BCUT2D eigenvalue weighted by Crippen LogP contribution is -2.58. The molecule has 0 atom stereocenters. The fourth-order valence-corrected chi connectivity index (χ4v) is 1.92. The summed E-state index contributed by atoms with van der Waals surface area (Å²) in [5, 5.41) is 2.94. The number of hydrogen-bond acceptors (Lipinski definition) is 2. The first-order valence-corrected chi connectivity index (χ1v) is 4.92. The largest absolute Gasteiger partial charge is 0.416 e. The SMILES string of the molecule is COC1(c2ccccc2C(F)(F)F)CNC1. The number of benzene rings is 1. The molecule has 2 rings (SSSR count). The molecule has 0 bridgehead atoms. The van der Waals surface area contributed by atoms with Gasteiger partial charge in [-0.05, 0) is 11.6 Å². The third-order valence-corrected chi connectivity index (χ3v) is 2.94. The summed E-state index contributed by atoms with van der Waals surface area (Å²) >= 11 is 0. The normalized spacial score (nSPS) is 19.2. The number of ether oxygens (including phenoxy) is 1. The Kier molecular flexibility index (Phi) is 2.67. The monoisotopic (exact) mass is 231 g/mol. The Morgan fingerprint density at radius 1 is 1.25 bits per heavy atom. The van der Waals surface area contributed by atoms with Gasteiger partial charge in [0.15, 0.2) is 0 Å². The van der Waals surface area contributed by atoms with E-state index < -0.39 is 17.3 Å². The maximum Gasteiger partial charge on any atom is 0.416 e. The fraction of sp³-hybridized carbons (Fsp3) is 0.455. The van der Waals surface area contributed by atoms with Crippen molar-refractivity contribution in [1.82, 2.24) is 5.32 Å². The second kappa shape index (κ2) is 3.75. The smallest absolute Gasteiger partial charge is 0.371 e. The lowest BCUT2D eigenvalue weighted by molar-refractivity contribution is -0.143. The molecule has 0 spiro atoms. The van der Waals surface area contributed by atoms with Crippen LogP contribution in [0.25, 0.3) is 0 Å². The zero-order chi connectivity index (χ0) is 11.8. The van der Waals surface area contributed by atoms with Gasteiger partial charge in [-0.2, -0.15) is 13.2 Å². The average molecular weight is 231 g/mol. The van der Waals surface area contributed by atoms with Gasteiger partial charge < -0.3 is 10.1 Å². The quantitative estimate of drug-likeness (QED) is 0.842. The van der Waals surface area contributed by atoms with E-state index in [1.807, 2.05) is 0 Å². The molecule has 88 valence electrons. The average Bonchev–Trinajstić information content (AvgIpc) is 2.16. The molecule has 1 aliphatic rings. The molecule has 0 radical (unpaired) electrons. The van der Waals surface area contributed by atoms with Gasteiger partial charge in [-0.25, -0.2) is 0 Å². The molecule has 1 N–H and O–H groups in total. The van der Waals surface area contributed by atoms with E-state index in [-0.39, 0.29) is 5.56 Å². The van der Waals surface area contributed by atoms with Crippen LogP contribution in [0.4, 0.5) is 13.2 Å². The van der Waals surface area contributed by atoms with E-state index in [1.165, 1.54) is 19.2 Å². The van der Waals surface area contributed by atoms with Crippen molar-refractivity contribution < 1.29 is 17.9 Å². The van der Waals surface area contributed by atoms with Gasteiger partial charge in [0.2, 0.25) is 0 Å². The minimum Gasteiger partial charge on any atom is -0.371 e. The van der Waals surface area contributed by atoms with Gasteiger partial charge >= 0.3 is 6.18 Å². The zero-order valence-corrected chi connectivity index (χ0v) is 8.77. The molecule has 5 heteroatoms. The molecule has 16 heavy (non-hydrogen) atoms. The molecule has 1 aromatic rings. The molecule has 0 aromatic heterocycles. The molecule has 1 fully saturated rings. The van der Waals surface area contributed by atoms with Crippen molar-refractivity contribution in [2.75, 3.05) is 20.2 Å². The summed E-state index contributed by atoms with van der Waals surface area (Å²) in [5.41, 5.74) is -1.23. The molecular formula is C11H12F3NO. The third-order valence-electron chi connectivity index (χ3n) is 2.94. The van der Waals surface area contributed by atoms with Crippen LogP contribution in [0.3, 0.4) is 0 Å². The molecular weight excluding hydrogens is 219 g/mol. The second-order valence-electron chi connectivity index (χ2n) is 3.85. The molecule has 0 unspecified atom stereocenters. The predicted molar refractivity (Wildman–Crippen MR) is 53.0 cm³/mol. The number of methoxy groups -OCH3 is 1. The molecule has 1 saturated heterocycles. The molecule has 1 aliphatic heterocycles. The summed E-state index contributed by atoms with van der Waals surface area (Å²) in [6.07, 6.45) is -4.34. The van der Waals surface area contributed by atoms with Crippen LogP contribution >= 0.6 is 0 Å². The van der Waals surface area contributed by atoms with E-state index in [9.17, 15) is 13.2 Å². The summed E-state index contributed by atoms with van der Waals surface area (Å²) in [4.78, 5) is 0. The first-order chi connectivity index (χ1) is 7.49. The van der Waals surface area contributed by atoms with Gasteiger partial charge in [-0.15, -0.1) is 0 Å². The van der Waals surface area contributed by atoms with E-state index >= 15 is 0 Å². The highest BCUT2D eigenvalue weighted by Crippen LogP contribution is 2.39. The lowest BCUT2D eigenvalue weighted by Gasteiger charge is -2.42. The van der Waals surface area contributed by atoms with Gasteiger partial charge in [0.1, 0.15) is 5.60 Å². The summed E-state index contributed by atoms with van der Waals surface area (Å²) in [6.45, 7) is 0.827. The highest BCUT2D eigenvalue weighted by molar-refractivity contribution is 5.37. The lowest BCUT2D eigenvalue weighted by atomic mass is 9.84. The fourth-order valence-electron chi connectivity index (χ4n) is 1.92. The maximum atomic E-state index is 12.8. The molecule has 0 aliphatic carbocycles. The number of halogens is 3. The van der Waals surface area contributed by atoms with Crippen LogP contribution in [0.2, 0.25) is 0 Å². The van der Waals surface area contributed by atoms with Crippen molar-refractivity contribution in [3.8, 4) is 0 Å². The first-order valence-electron chi connectivity index (χ1n) is 4.92. The van der Waals surface area contributed by atoms with Crippen molar-refractivity contribution in [3.63, 3.8) is 0 Å². The second-order valence-corrected chi connectivity index (χ2v) is 3.85. The van der Waals surface area contributed by atoms with Crippen molar-refractivity contribution in [1.29, 1.82) is 0 Å². The van der Waals surface area contributed by atoms with Crippen LogP contribution in [0.15, 0.2) is 24.3 Å². The number of hydrogen-bond donors (Lipinski definition) is 1. The van der Waals surface area contributed by atoms with E-state index in [0.717, 1.165) is 6.07 Å². The van der Waals surface area contributed by atoms with Gasteiger partial charge in [0, 0.05) is 20.2 Å². The highest BCUT2D eigenvalue weighted by Gasteiger charge is 2.45. The number of nitrogens with one attached hydrogen (secondary N) is 1. The third kappa shape index (κ3) is 1.70. The number of alkyl halides is 3. The summed E-state index contributed by atoms with van der Waals surface area (Å²) < 4.78 is 43.6. The van der Waals surface area contributed by atoms with Gasteiger partial charge in [-0.1, -0.05) is 18.2 Å². The Hall–Kier alpha value is -1.07. The minimum absolute atomic E-state index is 0.212. The van der Waals surface area contributed by atoms with Crippen molar-refractivity contribution >= 4 is 0 Å². The van der Waals surface area contributed by atoms with Crippen molar-refractivity contribution in [2.45, 2.75) is 11.8 Å². The van der Waals surface area contributed by atoms with Gasteiger partial charge in [0.05, 0.1) is 5.56 Å². The zero-order valence-electron chi connectivity index (χ0n) is 8.77. The van der Waals surface area contributed by atoms with E-state index in [4.69, 9.17) is 4.74 Å². The maximum absolute atomic E-state index is 12.8. The summed E-state index contributed by atoms with van der Waals surface area (Å²) in [7, 11) is 1.44. The topological polar surface area (TPSA) is 21.3 Å². The predicted octanol–water partition coefficient (Wildman–Crippen LogP) is 2.15. The molecule has 2 nitrogen and oxygen atoms in total. The highest BCUT2D eigenvalue weighted by atomic mass is 19.4. The Labute approximate surface area is 91.4 Å². The Morgan fingerprint density at radius 2 is 1.88 bits per heavy atom. The van der Waals surface area contributed by atoms with Gasteiger partial charge in [-0.3, -0.25) is 0 Å². The molecule has 0 saturated carbocycles. The molecule has 0 amide bonds. The summed E-state index contributed by atoms with van der Waals surface area (Å²) in [6, 6.07) is 5.56. The van der Waals surface area contributed by atoms with Crippen molar-refractivity contribution in [3.05, 3.63) is 35.4 Å². The van der Waals surface area contributed by atoms with Crippen LogP contribution < -0.4 is 5.32 Å². The van der Waals surface area contributed by atoms with Crippen LogP contribution in [0.5, 0.6) is 0 Å². The molecule has 1 heterocycles. The van der Waals surface area contributed by atoms with Crippen LogP contribution in [-0.4, -0.2) is 20.2 Å². The van der Waals surface area contributed by atoms with E-state index in [0.29, 0.717) is 13.1 Å². The Bertz CT molecular complexity index is 380.